The maximum atomic E-state index is 12.9. The van der Waals surface area contributed by atoms with E-state index in [2.05, 4.69) is 22.6 Å². The highest BCUT2D eigenvalue weighted by Crippen LogP contribution is 2.21. The minimum absolute atomic E-state index is 0.00699. The Morgan fingerprint density at radius 1 is 1.04 bits per heavy atom. The molecular weight excluding hydrogens is 352 g/mol. The molecule has 28 heavy (non-hydrogen) atoms. The molecule has 6 heteroatoms. The Kier molecular flexibility index (Phi) is 8.77. The SMILES string of the molecule is CC(C)C(NC(=O)Nc1ccccc1)C(=O)N(C)CCN(C)C1CCCCC1. The van der Waals surface area contributed by atoms with Crippen LogP contribution in [0.1, 0.15) is 46.0 Å². The Labute approximate surface area is 169 Å². The van der Waals surface area contributed by atoms with Crippen LogP contribution in [-0.2, 0) is 4.79 Å². The first-order chi connectivity index (χ1) is 13.4. The summed E-state index contributed by atoms with van der Waals surface area (Å²) in [4.78, 5) is 29.4. The highest BCUT2D eigenvalue weighted by Gasteiger charge is 2.27. The fraction of sp³-hybridized carbons (Fsp3) is 0.636. The molecule has 1 aromatic carbocycles. The number of nitrogens with zero attached hydrogens (tertiary/aromatic N) is 2. The average molecular weight is 389 g/mol. The molecule has 1 aliphatic carbocycles. The van der Waals surface area contributed by atoms with Gasteiger partial charge in [0, 0.05) is 31.9 Å². The van der Waals surface area contributed by atoms with Gasteiger partial charge < -0.3 is 20.4 Å². The number of anilines is 1. The molecular formula is C22H36N4O2. The Hall–Kier alpha value is -2.08. The number of nitrogens with one attached hydrogen (secondary N) is 2. The molecule has 0 aliphatic heterocycles. The van der Waals surface area contributed by atoms with Gasteiger partial charge in [-0.05, 0) is 37.9 Å². The van der Waals surface area contributed by atoms with Crippen molar-refractivity contribution in [2.24, 2.45) is 5.92 Å². The molecule has 3 amide bonds. The molecule has 1 atom stereocenters. The smallest absolute Gasteiger partial charge is 0.319 e. The third-order valence-electron chi connectivity index (χ3n) is 5.61. The number of likely N-dealkylation sites (N-methyl/N-ethyl adjacent to an activating group) is 2. The second-order valence-corrected chi connectivity index (χ2v) is 8.22. The molecule has 6 nitrogen and oxygen atoms in total. The van der Waals surface area contributed by atoms with Crippen LogP contribution in [0.5, 0.6) is 0 Å². The molecule has 156 valence electrons. The first-order valence-corrected chi connectivity index (χ1v) is 10.5. The molecule has 0 bridgehead atoms. The van der Waals surface area contributed by atoms with Crippen LogP contribution in [0.25, 0.3) is 0 Å². The number of hydrogen-bond donors (Lipinski definition) is 2. The molecule has 1 aromatic rings. The van der Waals surface area contributed by atoms with Crippen molar-refractivity contribution in [1.82, 2.24) is 15.1 Å². The summed E-state index contributed by atoms with van der Waals surface area (Å²) in [5.41, 5.74) is 0.706. The van der Waals surface area contributed by atoms with Gasteiger partial charge in [-0.25, -0.2) is 4.79 Å². The van der Waals surface area contributed by atoms with Crippen LogP contribution in [0.4, 0.5) is 10.5 Å². The quantitative estimate of drug-likeness (QED) is 0.716. The summed E-state index contributed by atoms with van der Waals surface area (Å²) in [5, 5.41) is 5.63. The van der Waals surface area contributed by atoms with Crippen LogP contribution in [0.2, 0.25) is 0 Å². The Morgan fingerprint density at radius 3 is 2.29 bits per heavy atom. The minimum Gasteiger partial charge on any atom is -0.343 e. The van der Waals surface area contributed by atoms with Gasteiger partial charge in [-0.1, -0.05) is 51.3 Å². The highest BCUT2D eigenvalue weighted by molar-refractivity contribution is 5.93. The van der Waals surface area contributed by atoms with E-state index >= 15 is 0 Å². The summed E-state index contributed by atoms with van der Waals surface area (Å²) in [6.45, 7) is 5.42. The summed E-state index contributed by atoms with van der Waals surface area (Å²) in [5.74, 6) is -0.0391. The predicted molar refractivity (Wildman–Crippen MR) is 114 cm³/mol. The number of para-hydroxylation sites is 1. The maximum Gasteiger partial charge on any atom is 0.319 e. The van der Waals surface area contributed by atoms with Crippen molar-refractivity contribution in [2.75, 3.05) is 32.5 Å². The van der Waals surface area contributed by atoms with Crippen molar-refractivity contribution in [1.29, 1.82) is 0 Å². The minimum atomic E-state index is -0.548. The zero-order chi connectivity index (χ0) is 20.5. The molecule has 1 unspecified atom stereocenters. The molecule has 0 saturated heterocycles. The van der Waals surface area contributed by atoms with Crippen molar-refractivity contribution >= 4 is 17.6 Å². The van der Waals surface area contributed by atoms with Gasteiger partial charge in [-0.3, -0.25) is 4.79 Å². The van der Waals surface area contributed by atoms with E-state index in [1.54, 1.807) is 4.90 Å². The number of carbonyl (C=O) groups excluding carboxylic acids is 2. The number of hydrogen-bond acceptors (Lipinski definition) is 3. The number of carbonyl (C=O) groups is 2. The number of rotatable bonds is 8. The second kappa shape index (κ2) is 11.1. The van der Waals surface area contributed by atoms with E-state index in [-0.39, 0.29) is 17.9 Å². The van der Waals surface area contributed by atoms with Crippen LogP contribution in [0, 0.1) is 5.92 Å². The molecule has 1 fully saturated rings. The van der Waals surface area contributed by atoms with E-state index in [1.807, 2.05) is 51.2 Å². The summed E-state index contributed by atoms with van der Waals surface area (Å²) in [6, 6.07) is 8.97. The third kappa shape index (κ3) is 6.82. The van der Waals surface area contributed by atoms with Gasteiger partial charge in [0.25, 0.3) is 0 Å². The van der Waals surface area contributed by atoms with Gasteiger partial charge in [0.15, 0.2) is 0 Å². The van der Waals surface area contributed by atoms with Crippen molar-refractivity contribution < 1.29 is 9.59 Å². The van der Waals surface area contributed by atoms with E-state index in [4.69, 9.17) is 0 Å². The molecule has 1 saturated carbocycles. The van der Waals surface area contributed by atoms with Gasteiger partial charge in [0.1, 0.15) is 6.04 Å². The molecule has 1 aliphatic rings. The Bertz CT molecular complexity index is 614. The highest BCUT2D eigenvalue weighted by atomic mass is 16.2. The van der Waals surface area contributed by atoms with E-state index in [9.17, 15) is 9.59 Å². The number of benzene rings is 1. The van der Waals surface area contributed by atoms with Gasteiger partial charge >= 0.3 is 6.03 Å². The van der Waals surface area contributed by atoms with Crippen LogP contribution in [0.3, 0.4) is 0 Å². The summed E-state index contributed by atoms with van der Waals surface area (Å²) < 4.78 is 0. The van der Waals surface area contributed by atoms with Crippen LogP contribution >= 0.6 is 0 Å². The molecule has 0 aromatic heterocycles. The van der Waals surface area contributed by atoms with Gasteiger partial charge in [0.05, 0.1) is 0 Å². The lowest BCUT2D eigenvalue weighted by atomic mass is 9.94. The number of amides is 3. The fourth-order valence-electron chi connectivity index (χ4n) is 3.70. The van der Waals surface area contributed by atoms with Crippen molar-refractivity contribution in [2.45, 2.75) is 58.0 Å². The van der Waals surface area contributed by atoms with E-state index < -0.39 is 6.04 Å². The van der Waals surface area contributed by atoms with Gasteiger partial charge in [-0.15, -0.1) is 0 Å². The lowest BCUT2D eigenvalue weighted by Crippen LogP contribution is -2.52. The molecule has 0 radical (unpaired) electrons. The van der Waals surface area contributed by atoms with E-state index in [0.29, 0.717) is 18.3 Å². The molecule has 0 spiro atoms. The van der Waals surface area contributed by atoms with Crippen molar-refractivity contribution in [3.05, 3.63) is 30.3 Å². The van der Waals surface area contributed by atoms with E-state index in [1.165, 1.54) is 32.1 Å². The van der Waals surface area contributed by atoms with Crippen LogP contribution in [-0.4, -0.2) is 61.0 Å². The van der Waals surface area contributed by atoms with Crippen molar-refractivity contribution in [3.63, 3.8) is 0 Å². The predicted octanol–water partition coefficient (Wildman–Crippen LogP) is 3.56. The summed E-state index contributed by atoms with van der Waals surface area (Å²) in [6.07, 6.45) is 6.46. The average Bonchev–Trinajstić information content (AvgIpc) is 2.70. The van der Waals surface area contributed by atoms with Gasteiger partial charge in [0.2, 0.25) is 5.91 Å². The first-order valence-electron chi connectivity index (χ1n) is 10.5. The second-order valence-electron chi connectivity index (χ2n) is 8.22. The largest absolute Gasteiger partial charge is 0.343 e. The van der Waals surface area contributed by atoms with Crippen molar-refractivity contribution in [3.8, 4) is 0 Å². The zero-order valence-corrected chi connectivity index (χ0v) is 17.8. The monoisotopic (exact) mass is 388 g/mol. The fourth-order valence-corrected chi connectivity index (χ4v) is 3.70. The number of urea groups is 1. The lowest BCUT2D eigenvalue weighted by Gasteiger charge is -2.33. The Balaban J connectivity index is 1.85. The van der Waals surface area contributed by atoms with Gasteiger partial charge in [-0.2, -0.15) is 0 Å². The normalized spacial score (nSPS) is 16.1. The zero-order valence-electron chi connectivity index (χ0n) is 17.8. The first kappa shape index (κ1) is 22.2. The Morgan fingerprint density at radius 2 is 1.68 bits per heavy atom. The van der Waals surface area contributed by atoms with Crippen LogP contribution < -0.4 is 10.6 Å². The molecule has 2 N–H and O–H groups in total. The van der Waals surface area contributed by atoms with E-state index in [0.717, 1.165) is 6.54 Å². The molecule has 2 rings (SSSR count). The maximum absolute atomic E-state index is 12.9. The summed E-state index contributed by atoms with van der Waals surface area (Å²) in [7, 11) is 3.98. The standard InChI is InChI=1S/C22H36N4O2/c1-17(2)20(24-22(28)23-18-11-7-5-8-12-18)21(27)26(4)16-15-25(3)19-13-9-6-10-14-19/h5,7-8,11-12,17,19-20H,6,9-10,13-16H2,1-4H3,(H2,23,24,28). The molecule has 0 heterocycles. The van der Waals surface area contributed by atoms with Crippen LogP contribution in [0.15, 0.2) is 30.3 Å². The third-order valence-corrected chi connectivity index (χ3v) is 5.61. The summed E-state index contributed by atoms with van der Waals surface area (Å²) >= 11 is 0. The topological polar surface area (TPSA) is 64.7 Å². The lowest BCUT2D eigenvalue weighted by molar-refractivity contribution is -0.133.